The van der Waals surface area contributed by atoms with E-state index in [1.54, 1.807) is 36.4 Å². The molecule has 0 fully saturated rings. The maximum absolute atomic E-state index is 11.9. The van der Waals surface area contributed by atoms with Gasteiger partial charge in [0.15, 0.2) is 5.76 Å². The highest BCUT2D eigenvalue weighted by Crippen LogP contribution is 2.19. The first kappa shape index (κ1) is 15.6. The van der Waals surface area contributed by atoms with Gasteiger partial charge in [0.1, 0.15) is 18.1 Å². The highest BCUT2D eigenvalue weighted by Gasteiger charge is 2.08. The van der Waals surface area contributed by atoms with Gasteiger partial charge in [-0.05, 0) is 42.0 Å². The molecule has 0 saturated heterocycles. The molecule has 0 aliphatic carbocycles. The van der Waals surface area contributed by atoms with Gasteiger partial charge < -0.3 is 14.3 Å². The van der Waals surface area contributed by atoms with Crippen molar-refractivity contribution in [2.24, 2.45) is 0 Å². The Morgan fingerprint density at radius 1 is 1.00 bits per heavy atom. The lowest BCUT2D eigenvalue weighted by Gasteiger charge is -2.07. The van der Waals surface area contributed by atoms with Crippen LogP contribution in [0.1, 0.15) is 21.7 Å². The first-order valence-corrected chi connectivity index (χ1v) is 7.48. The molecule has 0 atom stereocenters. The molecule has 1 heterocycles. The maximum Gasteiger partial charge on any atom is 0.224 e. The molecule has 4 heteroatoms. The quantitative estimate of drug-likeness (QED) is 0.408. The van der Waals surface area contributed by atoms with Crippen molar-refractivity contribution in [1.29, 1.82) is 0 Å². The van der Waals surface area contributed by atoms with Crippen LogP contribution in [-0.2, 0) is 6.61 Å². The molecular formula is C20H16O4. The number of allylic oxidation sites excluding steroid dienone is 1. The Labute approximate surface area is 139 Å². The summed E-state index contributed by atoms with van der Waals surface area (Å²) < 4.78 is 10.7. The van der Waals surface area contributed by atoms with E-state index in [1.165, 1.54) is 6.26 Å². The highest BCUT2D eigenvalue weighted by atomic mass is 16.5. The number of hydrogen-bond donors (Lipinski definition) is 1. The van der Waals surface area contributed by atoms with E-state index in [0.717, 1.165) is 11.6 Å². The Hall–Kier alpha value is -3.27. The topological polar surface area (TPSA) is 59.7 Å². The lowest BCUT2D eigenvalue weighted by molar-refractivity contribution is 0.102. The van der Waals surface area contributed by atoms with E-state index in [1.807, 2.05) is 30.3 Å². The minimum atomic E-state index is -0.387. The number of ketones is 1. The summed E-state index contributed by atoms with van der Waals surface area (Å²) in [6, 6.07) is 19.9. The fraction of sp³-hybridized carbons (Fsp3) is 0.0500. The molecule has 0 bridgehead atoms. The third kappa shape index (κ3) is 3.93. The second kappa shape index (κ2) is 7.33. The largest absolute Gasteiger partial charge is 0.507 e. The van der Waals surface area contributed by atoms with Gasteiger partial charge in [0.05, 0.1) is 6.26 Å². The number of hydrogen-bond acceptors (Lipinski definition) is 4. The molecule has 2 aromatic carbocycles. The maximum atomic E-state index is 11.9. The normalized spacial score (nSPS) is 11.2. The van der Waals surface area contributed by atoms with Crippen molar-refractivity contribution in [2.45, 2.75) is 6.61 Å². The van der Waals surface area contributed by atoms with Crippen LogP contribution in [0.2, 0.25) is 0 Å². The minimum absolute atomic E-state index is 0.119. The Morgan fingerprint density at radius 2 is 1.75 bits per heavy atom. The number of carbonyl (C=O) groups excluding carboxylic acids is 1. The summed E-state index contributed by atoms with van der Waals surface area (Å²) in [5, 5.41) is 10.0. The van der Waals surface area contributed by atoms with E-state index < -0.39 is 0 Å². The number of aliphatic hydroxyl groups excluding tert-OH is 1. The molecule has 1 N–H and O–H groups in total. The minimum Gasteiger partial charge on any atom is -0.507 e. The van der Waals surface area contributed by atoms with E-state index in [-0.39, 0.29) is 17.3 Å². The van der Waals surface area contributed by atoms with Crippen LogP contribution in [-0.4, -0.2) is 10.9 Å². The number of benzene rings is 2. The second-order valence-corrected chi connectivity index (χ2v) is 5.17. The van der Waals surface area contributed by atoms with E-state index in [9.17, 15) is 9.90 Å². The van der Waals surface area contributed by atoms with Gasteiger partial charge in [-0.25, -0.2) is 0 Å². The van der Waals surface area contributed by atoms with Crippen LogP contribution in [0.25, 0.3) is 5.76 Å². The molecule has 0 radical (unpaired) electrons. The fourth-order valence-electron chi connectivity index (χ4n) is 2.16. The molecule has 120 valence electrons. The summed E-state index contributed by atoms with van der Waals surface area (Å²) in [5.41, 5.74) is 1.61. The van der Waals surface area contributed by atoms with E-state index in [4.69, 9.17) is 9.15 Å². The smallest absolute Gasteiger partial charge is 0.224 e. The van der Waals surface area contributed by atoms with Crippen molar-refractivity contribution < 1.29 is 19.1 Å². The summed E-state index contributed by atoms with van der Waals surface area (Å²) in [6.07, 6.45) is 2.55. The predicted octanol–water partition coefficient (Wildman–Crippen LogP) is 4.64. The molecule has 0 spiro atoms. The Balaban J connectivity index is 1.64. The first-order chi connectivity index (χ1) is 11.7. The average Bonchev–Trinajstić information content (AvgIpc) is 3.16. The van der Waals surface area contributed by atoms with E-state index in [0.29, 0.717) is 17.9 Å². The van der Waals surface area contributed by atoms with Crippen LogP contribution >= 0.6 is 0 Å². The van der Waals surface area contributed by atoms with Crippen molar-refractivity contribution in [2.75, 3.05) is 0 Å². The molecule has 0 unspecified atom stereocenters. The van der Waals surface area contributed by atoms with Crippen LogP contribution in [0.15, 0.2) is 83.5 Å². The highest BCUT2D eigenvalue weighted by molar-refractivity contribution is 6.05. The second-order valence-electron chi connectivity index (χ2n) is 5.17. The third-order valence-corrected chi connectivity index (χ3v) is 3.43. The molecule has 3 aromatic rings. The Morgan fingerprint density at radius 3 is 2.42 bits per heavy atom. The lowest BCUT2D eigenvalue weighted by Crippen LogP contribution is -1.96. The summed E-state index contributed by atoms with van der Waals surface area (Å²) in [6.45, 7) is 0.471. The zero-order valence-corrected chi connectivity index (χ0v) is 12.9. The van der Waals surface area contributed by atoms with Gasteiger partial charge in [-0.2, -0.15) is 0 Å². The third-order valence-electron chi connectivity index (χ3n) is 3.43. The fourth-order valence-corrected chi connectivity index (χ4v) is 2.16. The van der Waals surface area contributed by atoms with Crippen LogP contribution in [0, 0.1) is 0 Å². The summed E-state index contributed by atoms with van der Waals surface area (Å²) in [5.74, 6) is 0.366. The zero-order valence-electron chi connectivity index (χ0n) is 12.9. The van der Waals surface area contributed by atoms with Crippen molar-refractivity contribution in [1.82, 2.24) is 0 Å². The molecule has 0 amide bonds. The monoisotopic (exact) mass is 320 g/mol. The van der Waals surface area contributed by atoms with Gasteiger partial charge in [-0.3, -0.25) is 4.79 Å². The standard InChI is InChI=1S/C20H16O4/c21-18(13-19(22)20-7-4-12-23-20)16-8-10-17(11-9-16)24-14-15-5-2-1-3-6-15/h1-13,21H,14H2/b18-13-. The van der Waals surface area contributed by atoms with Gasteiger partial charge in [-0.1, -0.05) is 30.3 Å². The van der Waals surface area contributed by atoms with Gasteiger partial charge in [0.25, 0.3) is 0 Å². The molecule has 0 saturated carbocycles. The molecule has 3 rings (SSSR count). The number of furan rings is 1. The molecule has 0 aliphatic heterocycles. The van der Waals surface area contributed by atoms with Crippen LogP contribution in [0.5, 0.6) is 5.75 Å². The van der Waals surface area contributed by atoms with Gasteiger partial charge in [0.2, 0.25) is 5.78 Å². The van der Waals surface area contributed by atoms with E-state index in [2.05, 4.69) is 0 Å². The summed E-state index contributed by atoms with van der Waals surface area (Å²) in [4.78, 5) is 11.9. The van der Waals surface area contributed by atoms with Crippen LogP contribution in [0.4, 0.5) is 0 Å². The molecule has 0 aliphatic rings. The number of rotatable bonds is 6. The number of ether oxygens (including phenoxy) is 1. The van der Waals surface area contributed by atoms with Gasteiger partial charge in [0, 0.05) is 11.6 Å². The number of aliphatic hydroxyl groups is 1. The van der Waals surface area contributed by atoms with Crippen molar-refractivity contribution in [3.8, 4) is 5.75 Å². The molecular weight excluding hydrogens is 304 g/mol. The lowest BCUT2D eigenvalue weighted by atomic mass is 10.1. The summed E-state index contributed by atoms with van der Waals surface area (Å²) >= 11 is 0. The molecule has 24 heavy (non-hydrogen) atoms. The van der Waals surface area contributed by atoms with Crippen molar-refractivity contribution in [3.05, 3.63) is 96.0 Å². The predicted molar refractivity (Wildman–Crippen MR) is 90.9 cm³/mol. The van der Waals surface area contributed by atoms with Crippen LogP contribution < -0.4 is 4.74 Å². The number of carbonyl (C=O) groups is 1. The van der Waals surface area contributed by atoms with Crippen LogP contribution in [0.3, 0.4) is 0 Å². The molecule has 4 nitrogen and oxygen atoms in total. The zero-order chi connectivity index (χ0) is 16.8. The van der Waals surface area contributed by atoms with Gasteiger partial charge >= 0.3 is 0 Å². The first-order valence-electron chi connectivity index (χ1n) is 7.48. The SMILES string of the molecule is O=C(/C=C(\O)c1ccc(OCc2ccccc2)cc1)c1ccco1. The van der Waals surface area contributed by atoms with Gasteiger partial charge in [-0.15, -0.1) is 0 Å². The molecule has 1 aromatic heterocycles. The van der Waals surface area contributed by atoms with Crippen molar-refractivity contribution >= 4 is 11.5 Å². The Kier molecular flexibility index (Phi) is 4.77. The summed E-state index contributed by atoms with van der Waals surface area (Å²) in [7, 11) is 0. The Bertz CT molecular complexity index is 816. The average molecular weight is 320 g/mol. The van der Waals surface area contributed by atoms with E-state index >= 15 is 0 Å². The van der Waals surface area contributed by atoms with Crippen molar-refractivity contribution in [3.63, 3.8) is 0 Å².